The Bertz CT molecular complexity index is 381. The minimum Gasteiger partial charge on any atom is -0.388 e. The minimum atomic E-state index is -0.734. The highest BCUT2D eigenvalue weighted by molar-refractivity contribution is 5.14. The smallest absolute Gasteiger partial charge is 0.0860 e. The number of aliphatic hydroxyl groups is 1. The third kappa shape index (κ3) is 2.75. The van der Waals surface area contributed by atoms with Crippen LogP contribution in [0.5, 0.6) is 0 Å². The van der Waals surface area contributed by atoms with Crippen molar-refractivity contribution in [3.63, 3.8) is 0 Å². The molecule has 0 amide bonds. The Hall–Kier alpha value is -0.550. The average Bonchev–Trinajstić information content (AvgIpc) is 2.37. The molecule has 0 aromatic rings. The Morgan fingerprint density at radius 3 is 2.15 bits per heavy atom. The van der Waals surface area contributed by atoms with Gasteiger partial charge in [0.2, 0.25) is 0 Å². The van der Waals surface area contributed by atoms with E-state index in [-0.39, 0.29) is 0 Å². The molecule has 2 unspecified atom stereocenters. The van der Waals surface area contributed by atoms with E-state index >= 15 is 0 Å². The first-order valence-electron chi connectivity index (χ1n) is 8.36. The van der Waals surface area contributed by atoms with E-state index in [1.807, 2.05) is 0 Å². The molecule has 2 fully saturated rings. The molecule has 2 aliphatic carbocycles. The Labute approximate surface area is 124 Å². The van der Waals surface area contributed by atoms with Gasteiger partial charge in [-0.2, -0.15) is 5.26 Å². The lowest BCUT2D eigenvalue weighted by atomic mass is 9.55. The topological polar surface area (TPSA) is 44.0 Å². The highest BCUT2D eigenvalue weighted by Gasteiger charge is 2.54. The largest absolute Gasteiger partial charge is 0.388 e. The Morgan fingerprint density at radius 1 is 1.10 bits per heavy atom. The number of nitriles is 1. The molecule has 2 aliphatic rings. The van der Waals surface area contributed by atoms with Gasteiger partial charge in [-0.25, -0.2) is 0 Å². The van der Waals surface area contributed by atoms with E-state index in [0.29, 0.717) is 17.3 Å². The fraction of sp³-hybridized carbons (Fsp3) is 0.944. The predicted molar refractivity (Wildman–Crippen MR) is 82.0 cm³/mol. The number of rotatable bonds is 1. The average molecular weight is 277 g/mol. The molecule has 0 bridgehead atoms. The van der Waals surface area contributed by atoms with Gasteiger partial charge in [0.05, 0.1) is 17.1 Å². The zero-order valence-corrected chi connectivity index (χ0v) is 13.7. The lowest BCUT2D eigenvalue weighted by molar-refractivity contribution is -0.116. The van der Waals surface area contributed by atoms with Crippen molar-refractivity contribution in [2.45, 2.75) is 84.7 Å². The van der Waals surface area contributed by atoms with Gasteiger partial charge in [0.25, 0.3) is 0 Å². The molecular formula is C18H31NO. The molecule has 0 spiro atoms. The summed E-state index contributed by atoms with van der Waals surface area (Å²) in [5, 5.41) is 21.0. The molecule has 2 saturated carbocycles. The summed E-state index contributed by atoms with van der Waals surface area (Å²) in [6.07, 6.45) is 7.87. The van der Waals surface area contributed by atoms with Gasteiger partial charge in [-0.15, -0.1) is 0 Å². The summed E-state index contributed by atoms with van der Waals surface area (Å²) in [5.74, 6) is 1.24. The molecule has 114 valence electrons. The van der Waals surface area contributed by atoms with Crippen LogP contribution in [-0.4, -0.2) is 10.7 Å². The van der Waals surface area contributed by atoms with Crippen LogP contribution < -0.4 is 0 Å². The van der Waals surface area contributed by atoms with Gasteiger partial charge in [0, 0.05) is 0 Å². The maximum absolute atomic E-state index is 11.2. The van der Waals surface area contributed by atoms with Crippen LogP contribution >= 0.6 is 0 Å². The third-order valence-corrected chi connectivity index (χ3v) is 6.14. The van der Waals surface area contributed by atoms with Gasteiger partial charge < -0.3 is 5.11 Å². The van der Waals surface area contributed by atoms with Gasteiger partial charge in [-0.1, -0.05) is 40.5 Å². The van der Waals surface area contributed by atoms with Crippen LogP contribution in [0.4, 0.5) is 0 Å². The van der Waals surface area contributed by atoms with E-state index in [2.05, 4.69) is 33.8 Å². The van der Waals surface area contributed by atoms with Crippen molar-refractivity contribution < 1.29 is 5.11 Å². The molecule has 0 radical (unpaired) electrons. The normalized spacial score (nSPS) is 43.0. The first kappa shape index (κ1) is 15.8. The maximum atomic E-state index is 11.2. The molecule has 0 aromatic heterocycles. The van der Waals surface area contributed by atoms with Gasteiger partial charge in [0.1, 0.15) is 0 Å². The summed E-state index contributed by atoms with van der Waals surface area (Å²) in [6.45, 7) is 9.12. The molecule has 2 rings (SSSR count). The molecule has 20 heavy (non-hydrogen) atoms. The molecule has 0 aromatic carbocycles. The van der Waals surface area contributed by atoms with Crippen molar-refractivity contribution in [1.82, 2.24) is 0 Å². The van der Waals surface area contributed by atoms with Crippen LogP contribution in [0.15, 0.2) is 0 Å². The van der Waals surface area contributed by atoms with E-state index in [1.165, 1.54) is 6.42 Å². The lowest BCUT2D eigenvalue weighted by Crippen LogP contribution is -2.52. The molecular weight excluding hydrogens is 246 g/mol. The zero-order chi connectivity index (χ0) is 15.0. The first-order chi connectivity index (χ1) is 9.22. The highest BCUT2D eigenvalue weighted by Crippen LogP contribution is 2.54. The molecule has 0 aliphatic heterocycles. The number of nitrogens with zero attached hydrogens (tertiary/aromatic N) is 1. The summed E-state index contributed by atoms with van der Waals surface area (Å²) >= 11 is 0. The fourth-order valence-electron chi connectivity index (χ4n) is 4.62. The summed E-state index contributed by atoms with van der Waals surface area (Å²) in [5.41, 5.74) is -0.893. The molecule has 0 saturated heterocycles. The molecule has 2 heteroatoms. The SMILES string of the molecule is CC1CCCC(O)(C2(C#N)CCC(C(C)(C)C)CC2)C1. The maximum Gasteiger partial charge on any atom is 0.0860 e. The van der Waals surface area contributed by atoms with Crippen LogP contribution in [0, 0.1) is 34.0 Å². The molecule has 2 nitrogen and oxygen atoms in total. The lowest BCUT2D eigenvalue weighted by Gasteiger charge is -2.51. The molecule has 2 atom stereocenters. The summed E-state index contributed by atoms with van der Waals surface area (Å²) in [7, 11) is 0. The monoisotopic (exact) mass is 277 g/mol. The summed E-state index contributed by atoms with van der Waals surface area (Å²) in [4.78, 5) is 0. The minimum absolute atomic E-state index is 0.324. The van der Waals surface area contributed by atoms with Crippen molar-refractivity contribution in [1.29, 1.82) is 5.26 Å². The van der Waals surface area contributed by atoms with Crippen molar-refractivity contribution in [3.8, 4) is 6.07 Å². The van der Waals surface area contributed by atoms with Crippen molar-refractivity contribution in [3.05, 3.63) is 0 Å². The molecule has 0 heterocycles. The van der Waals surface area contributed by atoms with Gasteiger partial charge in [0.15, 0.2) is 0 Å². The second-order valence-corrected chi connectivity index (χ2v) is 8.57. The summed E-state index contributed by atoms with van der Waals surface area (Å²) in [6, 6.07) is 2.57. The zero-order valence-electron chi connectivity index (χ0n) is 13.7. The number of hydrogen-bond acceptors (Lipinski definition) is 2. The van der Waals surface area contributed by atoms with Crippen LogP contribution in [-0.2, 0) is 0 Å². The molecule has 1 N–H and O–H groups in total. The summed E-state index contributed by atoms with van der Waals surface area (Å²) < 4.78 is 0. The van der Waals surface area contributed by atoms with Crippen molar-refractivity contribution in [2.75, 3.05) is 0 Å². The van der Waals surface area contributed by atoms with Gasteiger partial charge in [-0.3, -0.25) is 0 Å². The van der Waals surface area contributed by atoms with E-state index < -0.39 is 11.0 Å². The first-order valence-corrected chi connectivity index (χ1v) is 8.36. The van der Waals surface area contributed by atoms with E-state index in [9.17, 15) is 10.4 Å². The Balaban J connectivity index is 2.15. The standard InChI is InChI=1S/C18H31NO/c1-14-6-5-9-18(20,12-14)17(13-19)10-7-15(8-11-17)16(2,3)4/h14-15,20H,5-12H2,1-4H3. The van der Waals surface area contributed by atoms with E-state index in [0.717, 1.165) is 44.9 Å². The van der Waals surface area contributed by atoms with E-state index in [4.69, 9.17) is 0 Å². The van der Waals surface area contributed by atoms with Gasteiger partial charge in [-0.05, 0) is 55.8 Å². The highest BCUT2D eigenvalue weighted by atomic mass is 16.3. The van der Waals surface area contributed by atoms with Crippen LogP contribution in [0.3, 0.4) is 0 Å². The van der Waals surface area contributed by atoms with Crippen molar-refractivity contribution in [2.24, 2.45) is 22.7 Å². The van der Waals surface area contributed by atoms with Crippen LogP contribution in [0.1, 0.15) is 79.1 Å². The third-order valence-electron chi connectivity index (χ3n) is 6.14. The predicted octanol–water partition coefficient (Wildman–Crippen LogP) is 4.67. The van der Waals surface area contributed by atoms with Crippen LogP contribution in [0.25, 0.3) is 0 Å². The Kier molecular flexibility index (Phi) is 4.22. The Morgan fingerprint density at radius 2 is 1.70 bits per heavy atom. The van der Waals surface area contributed by atoms with E-state index in [1.54, 1.807) is 0 Å². The second-order valence-electron chi connectivity index (χ2n) is 8.57. The van der Waals surface area contributed by atoms with Gasteiger partial charge >= 0.3 is 0 Å². The second kappa shape index (κ2) is 5.34. The van der Waals surface area contributed by atoms with Crippen LogP contribution in [0.2, 0.25) is 0 Å². The van der Waals surface area contributed by atoms with Crippen molar-refractivity contribution >= 4 is 0 Å². The fourth-order valence-corrected chi connectivity index (χ4v) is 4.62. The quantitative estimate of drug-likeness (QED) is 0.756. The number of hydrogen-bond donors (Lipinski definition) is 1.